The molecule has 0 atom stereocenters. The number of rotatable bonds is 6. The summed E-state index contributed by atoms with van der Waals surface area (Å²) < 4.78 is 81.7. The van der Waals surface area contributed by atoms with Crippen LogP contribution in [0.4, 0.5) is 26.3 Å². The van der Waals surface area contributed by atoms with E-state index in [1.807, 2.05) is 0 Å². The predicted molar refractivity (Wildman–Crippen MR) is 38.1 cm³/mol. The van der Waals surface area contributed by atoms with Crippen LogP contribution in [-0.2, 0) is 9.47 Å². The molecule has 0 aromatic rings. The van der Waals surface area contributed by atoms with E-state index < -0.39 is 31.4 Å². The monoisotopic (exact) mass is 240 g/mol. The molecule has 15 heavy (non-hydrogen) atoms. The van der Waals surface area contributed by atoms with E-state index in [0.29, 0.717) is 0 Å². The first-order valence-electron chi connectivity index (χ1n) is 4.03. The molecule has 0 amide bonds. The van der Waals surface area contributed by atoms with Crippen LogP contribution in [0.15, 0.2) is 0 Å². The van der Waals surface area contributed by atoms with Gasteiger partial charge in [-0.05, 0) is 13.8 Å². The molecule has 0 aromatic heterocycles. The fourth-order valence-corrected chi connectivity index (χ4v) is 0.713. The summed E-state index contributed by atoms with van der Waals surface area (Å²) in [4.78, 5) is 0. The van der Waals surface area contributed by atoms with E-state index in [2.05, 4.69) is 9.47 Å². The van der Waals surface area contributed by atoms with Crippen molar-refractivity contribution in [1.82, 2.24) is 0 Å². The quantitative estimate of drug-likeness (QED) is 0.664. The predicted octanol–water partition coefficient (Wildman–Crippen LogP) is 2.88. The lowest BCUT2D eigenvalue weighted by molar-refractivity contribution is -0.448. The van der Waals surface area contributed by atoms with Gasteiger partial charge in [-0.25, -0.2) is 0 Å². The standard InChI is InChI=1S/C7H10F6O2/c1-3-14-6(10,11)5(8,9)7(12,13)15-4-2/h3-4H2,1-2H3. The SMILES string of the molecule is CCOC(F)(F)C(F)(F)C(F)(F)OCC. The highest BCUT2D eigenvalue weighted by atomic mass is 19.4. The largest absolute Gasteiger partial charge is 0.428 e. The molecule has 0 N–H and O–H groups in total. The van der Waals surface area contributed by atoms with Crippen LogP contribution < -0.4 is 0 Å². The van der Waals surface area contributed by atoms with Crippen molar-refractivity contribution in [3.63, 3.8) is 0 Å². The number of halogens is 6. The van der Waals surface area contributed by atoms with Crippen molar-refractivity contribution < 1.29 is 35.8 Å². The molecule has 0 unspecified atom stereocenters. The topological polar surface area (TPSA) is 18.5 Å². The van der Waals surface area contributed by atoms with Crippen LogP contribution in [-0.4, -0.2) is 31.4 Å². The average Bonchev–Trinajstić information content (AvgIpc) is 2.03. The van der Waals surface area contributed by atoms with Crippen molar-refractivity contribution in [2.75, 3.05) is 13.2 Å². The molecule has 0 heterocycles. The van der Waals surface area contributed by atoms with Crippen LogP contribution in [0.1, 0.15) is 13.8 Å². The zero-order chi connectivity index (χ0) is 12.3. The summed E-state index contributed by atoms with van der Waals surface area (Å²) in [5.74, 6) is -5.72. The van der Waals surface area contributed by atoms with E-state index >= 15 is 0 Å². The number of alkyl halides is 6. The Hall–Kier alpha value is -0.500. The molecular formula is C7H10F6O2. The molecule has 0 fully saturated rings. The second kappa shape index (κ2) is 4.56. The molecule has 0 aliphatic rings. The number of hydrogen-bond donors (Lipinski definition) is 0. The third-order valence-electron chi connectivity index (χ3n) is 1.38. The van der Waals surface area contributed by atoms with Crippen LogP contribution in [0.3, 0.4) is 0 Å². The highest BCUT2D eigenvalue weighted by Crippen LogP contribution is 2.46. The molecule has 0 spiro atoms. The highest BCUT2D eigenvalue weighted by Gasteiger charge is 2.74. The molecule has 0 aliphatic heterocycles. The first kappa shape index (κ1) is 14.5. The van der Waals surface area contributed by atoms with Gasteiger partial charge in [-0.3, -0.25) is 0 Å². The summed E-state index contributed by atoms with van der Waals surface area (Å²) in [5.41, 5.74) is 0. The molecule has 0 aromatic carbocycles. The van der Waals surface area contributed by atoms with Gasteiger partial charge in [-0.2, -0.15) is 26.3 Å². The van der Waals surface area contributed by atoms with Crippen molar-refractivity contribution in [2.24, 2.45) is 0 Å². The Balaban J connectivity index is 4.93. The van der Waals surface area contributed by atoms with Crippen LogP contribution >= 0.6 is 0 Å². The maximum Gasteiger partial charge on any atom is 0.428 e. The van der Waals surface area contributed by atoms with Crippen molar-refractivity contribution in [1.29, 1.82) is 0 Å². The smallest absolute Gasteiger partial charge is 0.316 e. The maximum atomic E-state index is 12.6. The van der Waals surface area contributed by atoms with Crippen molar-refractivity contribution >= 4 is 0 Å². The van der Waals surface area contributed by atoms with Crippen LogP contribution in [0.2, 0.25) is 0 Å². The Morgan fingerprint density at radius 2 is 1.00 bits per heavy atom. The molecule has 92 valence electrons. The Morgan fingerprint density at radius 3 is 1.20 bits per heavy atom. The zero-order valence-electron chi connectivity index (χ0n) is 8.00. The van der Waals surface area contributed by atoms with Crippen LogP contribution in [0.25, 0.3) is 0 Å². The van der Waals surface area contributed by atoms with E-state index in [9.17, 15) is 26.3 Å². The van der Waals surface area contributed by atoms with Crippen molar-refractivity contribution in [3.8, 4) is 0 Å². The lowest BCUT2D eigenvalue weighted by atomic mass is 10.3. The molecule has 0 bridgehead atoms. The van der Waals surface area contributed by atoms with Gasteiger partial charge in [0, 0.05) is 0 Å². The zero-order valence-corrected chi connectivity index (χ0v) is 8.00. The van der Waals surface area contributed by atoms with E-state index in [1.54, 1.807) is 0 Å². The summed E-state index contributed by atoms with van der Waals surface area (Å²) in [6.07, 6.45) is -10.6. The van der Waals surface area contributed by atoms with Gasteiger partial charge in [0.25, 0.3) is 0 Å². The van der Waals surface area contributed by atoms with Crippen molar-refractivity contribution in [2.45, 2.75) is 32.0 Å². The molecule has 8 heteroatoms. The molecule has 0 saturated carbocycles. The average molecular weight is 240 g/mol. The maximum absolute atomic E-state index is 12.6. The minimum atomic E-state index is -5.72. The third-order valence-corrected chi connectivity index (χ3v) is 1.38. The van der Waals surface area contributed by atoms with Gasteiger partial charge in [0.05, 0.1) is 13.2 Å². The molecule has 0 aliphatic carbocycles. The second-order valence-electron chi connectivity index (χ2n) is 2.47. The van der Waals surface area contributed by atoms with E-state index in [-0.39, 0.29) is 0 Å². The first-order chi connectivity index (χ1) is 6.62. The minimum absolute atomic E-state index is 0.829. The lowest BCUT2D eigenvalue weighted by Crippen LogP contribution is -2.56. The molecule has 2 nitrogen and oxygen atoms in total. The Bertz CT molecular complexity index is 186. The van der Waals surface area contributed by atoms with Gasteiger partial charge in [0.2, 0.25) is 0 Å². The molecule has 0 rings (SSSR count). The first-order valence-corrected chi connectivity index (χ1v) is 4.03. The highest BCUT2D eigenvalue weighted by molar-refractivity contribution is 4.85. The van der Waals surface area contributed by atoms with Crippen LogP contribution in [0.5, 0.6) is 0 Å². The fourth-order valence-electron chi connectivity index (χ4n) is 0.713. The van der Waals surface area contributed by atoms with Gasteiger partial charge in [0.15, 0.2) is 0 Å². The van der Waals surface area contributed by atoms with Crippen molar-refractivity contribution in [3.05, 3.63) is 0 Å². The lowest BCUT2D eigenvalue weighted by Gasteiger charge is -2.30. The summed E-state index contributed by atoms with van der Waals surface area (Å²) in [7, 11) is 0. The van der Waals surface area contributed by atoms with E-state index in [0.717, 1.165) is 13.8 Å². The number of hydrogen-bond acceptors (Lipinski definition) is 2. The van der Waals surface area contributed by atoms with Gasteiger partial charge >= 0.3 is 18.1 Å². The third kappa shape index (κ3) is 2.75. The second-order valence-corrected chi connectivity index (χ2v) is 2.47. The van der Waals surface area contributed by atoms with Gasteiger partial charge < -0.3 is 9.47 Å². The Morgan fingerprint density at radius 1 is 0.733 bits per heavy atom. The van der Waals surface area contributed by atoms with Gasteiger partial charge in [0.1, 0.15) is 0 Å². The van der Waals surface area contributed by atoms with Gasteiger partial charge in [-0.15, -0.1) is 0 Å². The van der Waals surface area contributed by atoms with Gasteiger partial charge in [-0.1, -0.05) is 0 Å². The van der Waals surface area contributed by atoms with E-state index in [1.165, 1.54) is 0 Å². The fraction of sp³-hybridized carbons (Fsp3) is 1.00. The van der Waals surface area contributed by atoms with E-state index in [4.69, 9.17) is 0 Å². The summed E-state index contributed by atoms with van der Waals surface area (Å²) in [6, 6.07) is 0. The molecular weight excluding hydrogens is 230 g/mol. The summed E-state index contributed by atoms with van der Waals surface area (Å²) in [5, 5.41) is 0. The minimum Gasteiger partial charge on any atom is -0.316 e. The summed E-state index contributed by atoms with van der Waals surface area (Å²) in [6.45, 7) is 0.293. The normalized spacial score (nSPS) is 14.4. The number of ether oxygens (including phenoxy) is 2. The Kier molecular flexibility index (Phi) is 4.41. The molecule has 0 saturated heterocycles. The molecule has 0 radical (unpaired) electrons. The van der Waals surface area contributed by atoms with Crippen LogP contribution in [0, 0.1) is 0 Å². The Labute approximate surface area is 82.1 Å². The summed E-state index contributed by atoms with van der Waals surface area (Å²) >= 11 is 0.